The van der Waals surface area contributed by atoms with Crippen LogP contribution in [0.1, 0.15) is 23.8 Å². The smallest absolute Gasteiger partial charge is 0.325 e. The normalized spacial score (nSPS) is 21.6. The third-order valence-electron chi connectivity index (χ3n) is 4.90. The summed E-state index contributed by atoms with van der Waals surface area (Å²) in [6, 6.07) is 12.1. The van der Waals surface area contributed by atoms with Gasteiger partial charge in [-0.05, 0) is 17.7 Å². The van der Waals surface area contributed by atoms with E-state index in [2.05, 4.69) is 6.58 Å². The Hall–Kier alpha value is -2.90. The average molecular weight is 385 g/mol. The van der Waals surface area contributed by atoms with Crippen molar-refractivity contribution in [3.8, 4) is 0 Å². The number of carbonyl (C=O) groups excluding carboxylic acids is 2. The van der Waals surface area contributed by atoms with E-state index in [9.17, 15) is 9.59 Å². The Labute approximate surface area is 163 Å². The van der Waals surface area contributed by atoms with Crippen molar-refractivity contribution in [1.82, 2.24) is 5.06 Å². The van der Waals surface area contributed by atoms with Gasteiger partial charge in [0.15, 0.2) is 5.41 Å². The first-order chi connectivity index (χ1) is 13.6. The van der Waals surface area contributed by atoms with Gasteiger partial charge in [-0.2, -0.15) is 5.06 Å². The number of hydrogen-bond donors (Lipinski definition) is 0. The predicted octanol–water partition coefficient (Wildman–Crippen LogP) is 3.05. The molecule has 1 aromatic heterocycles. The third-order valence-corrected chi connectivity index (χ3v) is 4.90. The molecule has 1 aliphatic heterocycles. The molecule has 0 N–H and O–H groups in total. The van der Waals surface area contributed by atoms with Gasteiger partial charge in [0.05, 0.1) is 33.1 Å². The number of carbonyl (C=O) groups is 2. The van der Waals surface area contributed by atoms with Crippen molar-refractivity contribution >= 4 is 11.9 Å². The second-order valence-electron chi connectivity index (χ2n) is 6.52. The topological polar surface area (TPSA) is 78.2 Å². The molecule has 148 valence electrons. The highest BCUT2D eigenvalue weighted by atomic mass is 16.7. The molecule has 7 nitrogen and oxygen atoms in total. The zero-order valence-electron chi connectivity index (χ0n) is 15.9. The fourth-order valence-electron chi connectivity index (χ4n) is 3.63. The molecule has 28 heavy (non-hydrogen) atoms. The Kier molecular flexibility index (Phi) is 5.96. The second-order valence-corrected chi connectivity index (χ2v) is 6.52. The van der Waals surface area contributed by atoms with Gasteiger partial charge in [-0.1, -0.05) is 36.4 Å². The number of hydrogen-bond acceptors (Lipinski definition) is 7. The van der Waals surface area contributed by atoms with Crippen molar-refractivity contribution in [3.63, 3.8) is 0 Å². The monoisotopic (exact) mass is 385 g/mol. The summed E-state index contributed by atoms with van der Waals surface area (Å²) in [6.45, 7) is 4.08. The van der Waals surface area contributed by atoms with Crippen LogP contribution in [-0.4, -0.2) is 37.3 Å². The van der Waals surface area contributed by atoms with Crippen LogP contribution in [0.3, 0.4) is 0 Å². The van der Waals surface area contributed by atoms with Crippen molar-refractivity contribution in [3.05, 3.63) is 72.7 Å². The molecular weight excluding hydrogens is 362 g/mol. The molecule has 3 rings (SSSR count). The molecule has 0 unspecified atom stereocenters. The van der Waals surface area contributed by atoms with Crippen LogP contribution in [0, 0.1) is 5.41 Å². The molecule has 2 aromatic rings. The summed E-state index contributed by atoms with van der Waals surface area (Å²) in [5, 5.41) is 1.57. The number of esters is 2. The molecular formula is C21H23NO6. The standard InChI is InChI=1S/C21H23NO6/c1-4-16-13-21(19(23)25-2,20(24)26-3)18(17-11-8-12-27-17)22(28-16)14-15-9-6-5-7-10-15/h4-12,16,18H,1,13-14H2,2-3H3/t16-,18+/m0/s1. The predicted molar refractivity (Wildman–Crippen MR) is 99.6 cm³/mol. The first kappa shape index (κ1) is 19.9. The van der Waals surface area contributed by atoms with Crippen molar-refractivity contribution in [2.24, 2.45) is 5.41 Å². The van der Waals surface area contributed by atoms with Crippen LogP contribution in [0.5, 0.6) is 0 Å². The number of ether oxygens (including phenoxy) is 2. The van der Waals surface area contributed by atoms with Crippen molar-refractivity contribution in [2.45, 2.75) is 25.1 Å². The number of furan rings is 1. The van der Waals surface area contributed by atoms with Crippen LogP contribution >= 0.6 is 0 Å². The quantitative estimate of drug-likeness (QED) is 0.430. The van der Waals surface area contributed by atoms with Gasteiger partial charge in [-0.25, -0.2) is 0 Å². The van der Waals surface area contributed by atoms with Gasteiger partial charge in [-0.3, -0.25) is 14.4 Å². The van der Waals surface area contributed by atoms with Crippen LogP contribution in [0.15, 0.2) is 65.8 Å². The largest absolute Gasteiger partial charge is 0.468 e. The molecule has 7 heteroatoms. The minimum Gasteiger partial charge on any atom is -0.468 e. The van der Waals surface area contributed by atoms with Gasteiger partial charge in [0, 0.05) is 6.42 Å². The lowest BCUT2D eigenvalue weighted by atomic mass is 9.73. The third kappa shape index (κ3) is 3.46. The molecule has 1 aromatic carbocycles. The summed E-state index contributed by atoms with van der Waals surface area (Å²) in [5.74, 6) is -1.03. The zero-order chi connectivity index (χ0) is 20.1. The lowest BCUT2D eigenvalue weighted by Crippen LogP contribution is -2.57. The zero-order valence-corrected chi connectivity index (χ0v) is 15.9. The molecule has 0 saturated carbocycles. The summed E-state index contributed by atoms with van der Waals surface area (Å²) in [4.78, 5) is 32.0. The van der Waals surface area contributed by atoms with Crippen LogP contribution in [0.2, 0.25) is 0 Å². The van der Waals surface area contributed by atoms with E-state index in [1.165, 1.54) is 20.5 Å². The van der Waals surface area contributed by atoms with Crippen molar-refractivity contribution < 1.29 is 28.3 Å². The summed E-state index contributed by atoms with van der Waals surface area (Å²) < 4.78 is 15.7. The molecule has 2 heterocycles. The Bertz CT molecular complexity index is 801. The molecule has 0 amide bonds. The first-order valence-electron chi connectivity index (χ1n) is 8.87. The number of methoxy groups -OCH3 is 2. The van der Waals surface area contributed by atoms with E-state index in [0.29, 0.717) is 12.3 Å². The molecule has 0 aliphatic carbocycles. The van der Waals surface area contributed by atoms with Gasteiger partial charge in [0.2, 0.25) is 0 Å². The molecule has 1 aliphatic rings. The van der Waals surface area contributed by atoms with E-state index in [4.69, 9.17) is 18.7 Å². The SMILES string of the molecule is C=C[C@H]1CC(C(=O)OC)(C(=O)OC)[C@@H](c2ccco2)N(Cc2ccccc2)O1. The van der Waals surface area contributed by atoms with E-state index in [-0.39, 0.29) is 6.42 Å². The number of benzene rings is 1. The van der Waals surface area contributed by atoms with Gasteiger partial charge in [0.1, 0.15) is 11.8 Å². The minimum absolute atomic E-state index is 0.0203. The Morgan fingerprint density at radius 3 is 2.39 bits per heavy atom. The van der Waals surface area contributed by atoms with E-state index in [1.807, 2.05) is 30.3 Å². The van der Waals surface area contributed by atoms with Crippen molar-refractivity contribution in [1.29, 1.82) is 0 Å². The Morgan fingerprint density at radius 1 is 1.18 bits per heavy atom. The van der Waals surface area contributed by atoms with Gasteiger partial charge >= 0.3 is 11.9 Å². The van der Waals surface area contributed by atoms with Gasteiger partial charge in [-0.15, -0.1) is 6.58 Å². The summed E-state index contributed by atoms with van der Waals surface area (Å²) in [6.07, 6.45) is 2.46. The van der Waals surface area contributed by atoms with Crippen LogP contribution in [0.4, 0.5) is 0 Å². The van der Waals surface area contributed by atoms with E-state index < -0.39 is 29.5 Å². The fourth-order valence-corrected chi connectivity index (χ4v) is 3.63. The maximum atomic E-state index is 13.0. The van der Waals surface area contributed by atoms with E-state index >= 15 is 0 Å². The maximum Gasteiger partial charge on any atom is 0.325 e. The lowest BCUT2D eigenvalue weighted by molar-refractivity contribution is -0.284. The minimum atomic E-state index is -1.67. The Balaban J connectivity index is 2.15. The second kappa shape index (κ2) is 8.41. The highest BCUT2D eigenvalue weighted by Gasteiger charge is 2.62. The molecule has 0 radical (unpaired) electrons. The summed E-state index contributed by atoms with van der Waals surface area (Å²) in [7, 11) is 2.48. The first-order valence-corrected chi connectivity index (χ1v) is 8.87. The van der Waals surface area contributed by atoms with Crippen LogP contribution in [0.25, 0.3) is 0 Å². The summed E-state index contributed by atoms with van der Waals surface area (Å²) >= 11 is 0. The maximum absolute atomic E-state index is 13.0. The highest BCUT2D eigenvalue weighted by molar-refractivity contribution is 6.01. The number of hydroxylamine groups is 2. The fraction of sp³-hybridized carbons (Fsp3) is 0.333. The molecule has 1 fully saturated rings. The molecule has 0 spiro atoms. The number of nitrogens with zero attached hydrogens (tertiary/aromatic N) is 1. The van der Waals surface area contributed by atoms with Crippen LogP contribution in [-0.2, 0) is 30.4 Å². The van der Waals surface area contributed by atoms with Crippen LogP contribution < -0.4 is 0 Å². The van der Waals surface area contributed by atoms with E-state index in [0.717, 1.165) is 5.56 Å². The molecule has 2 atom stereocenters. The summed E-state index contributed by atoms with van der Waals surface area (Å²) in [5.41, 5.74) is -0.736. The lowest BCUT2D eigenvalue weighted by Gasteiger charge is -2.46. The highest BCUT2D eigenvalue weighted by Crippen LogP contribution is 2.49. The number of rotatable bonds is 6. The van der Waals surface area contributed by atoms with E-state index in [1.54, 1.807) is 23.3 Å². The molecule has 0 bridgehead atoms. The Morgan fingerprint density at radius 2 is 1.86 bits per heavy atom. The van der Waals surface area contributed by atoms with Gasteiger partial charge < -0.3 is 13.9 Å². The average Bonchev–Trinajstić information content (AvgIpc) is 3.26. The van der Waals surface area contributed by atoms with Gasteiger partial charge in [0.25, 0.3) is 0 Å². The van der Waals surface area contributed by atoms with Crippen molar-refractivity contribution in [2.75, 3.05) is 14.2 Å². The molecule has 1 saturated heterocycles.